The van der Waals surface area contributed by atoms with Crippen LogP contribution in [0, 0.1) is 12.8 Å². The van der Waals surface area contributed by atoms with Crippen LogP contribution in [0.15, 0.2) is 54.6 Å². The third-order valence-corrected chi connectivity index (χ3v) is 7.36. The fourth-order valence-electron chi connectivity index (χ4n) is 4.61. The Kier molecular flexibility index (Phi) is 12.9. The molecule has 3 unspecified atom stereocenters. The molecule has 6 nitrogen and oxygen atoms in total. The fourth-order valence-corrected chi connectivity index (χ4v) is 4.61. The van der Waals surface area contributed by atoms with Crippen molar-refractivity contribution < 1.29 is 29.3 Å². The second kappa shape index (κ2) is 15.6. The number of carbonyl (C=O) groups excluding carboxylic acids is 2. The number of aliphatic hydroxyl groups excluding tert-OH is 2. The van der Waals surface area contributed by atoms with Crippen molar-refractivity contribution in [3.63, 3.8) is 0 Å². The SMILES string of the molecule is C=C(C(=O)OCC(CCC)(COC(=O)C(C)CO)c1ccc(-c2ccc(CCCCC)c(C)c2)cc1)C(C)O. The molecule has 0 radical (unpaired) electrons. The van der Waals surface area contributed by atoms with Crippen LogP contribution in [0.4, 0.5) is 0 Å². The zero-order valence-electron chi connectivity index (χ0n) is 24.3. The van der Waals surface area contributed by atoms with E-state index in [0.717, 1.165) is 29.5 Å². The van der Waals surface area contributed by atoms with Crippen molar-refractivity contribution in [2.45, 2.75) is 84.7 Å². The van der Waals surface area contributed by atoms with Crippen molar-refractivity contribution in [3.05, 3.63) is 71.3 Å². The first kappa shape index (κ1) is 32.3. The smallest absolute Gasteiger partial charge is 0.336 e. The van der Waals surface area contributed by atoms with Gasteiger partial charge in [0.2, 0.25) is 0 Å². The van der Waals surface area contributed by atoms with E-state index in [1.165, 1.54) is 37.3 Å². The minimum Gasteiger partial charge on any atom is -0.464 e. The lowest BCUT2D eigenvalue weighted by atomic mass is 9.77. The van der Waals surface area contributed by atoms with Gasteiger partial charge >= 0.3 is 11.9 Å². The molecule has 0 aliphatic heterocycles. The number of unbranched alkanes of at least 4 members (excludes halogenated alkanes) is 2. The topological polar surface area (TPSA) is 93.1 Å². The molecule has 0 saturated carbocycles. The summed E-state index contributed by atoms with van der Waals surface area (Å²) in [4.78, 5) is 25.0. The summed E-state index contributed by atoms with van der Waals surface area (Å²) in [5.41, 5.74) is 4.90. The number of hydrogen-bond acceptors (Lipinski definition) is 6. The van der Waals surface area contributed by atoms with E-state index in [1.54, 1.807) is 6.92 Å². The predicted octanol–water partition coefficient (Wildman–Crippen LogP) is 6.08. The molecule has 0 heterocycles. The Balaban J connectivity index is 2.36. The molecular formula is C33H46O6. The standard InChI is InChI=1S/C33H46O6/c1-7-9-10-11-27-12-13-29(19-23(27)3)28-14-16-30(17-15-28)33(18-8-2,21-38-31(36)24(4)20-34)22-39-32(37)25(5)26(6)35/h12-17,19,24,26,34-35H,5,7-11,18,20-22H2,1-4,6H3. The molecule has 0 bridgehead atoms. The van der Waals surface area contributed by atoms with E-state index in [-0.39, 0.29) is 25.4 Å². The minimum absolute atomic E-state index is 0.0106. The monoisotopic (exact) mass is 538 g/mol. The van der Waals surface area contributed by atoms with Gasteiger partial charge in [0.25, 0.3) is 0 Å². The molecule has 0 saturated heterocycles. The van der Waals surface area contributed by atoms with Gasteiger partial charge in [-0.15, -0.1) is 0 Å². The van der Waals surface area contributed by atoms with Crippen LogP contribution in [-0.4, -0.2) is 48.1 Å². The number of benzene rings is 2. The molecule has 0 aromatic heterocycles. The number of hydrogen-bond donors (Lipinski definition) is 2. The van der Waals surface area contributed by atoms with Gasteiger partial charge in [-0.25, -0.2) is 4.79 Å². The number of aliphatic hydroxyl groups is 2. The summed E-state index contributed by atoms with van der Waals surface area (Å²) >= 11 is 0. The Morgan fingerprint density at radius 1 is 0.949 bits per heavy atom. The van der Waals surface area contributed by atoms with Crippen LogP contribution in [0.5, 0.6) is 0 Å². The lowest BCUT2D eigenvalue weighted by Crippen LogP contribution is -2.40. The van der Waals surface area contributed by atoms with E-state index in [4.69, 9.17) is 9.47 Å². The second-order valence-corrected chi connectivity index (χ2v) is 10.7. The first-order valence-electron chi connectivity index (χ1n) is 14.1. The molecule has 0 amide bonds. The number of rotatable bonds is 16. The summed E-state index contributed by atoms with van der Waals surface area (Å²) in [5, 5.41) is 19.1. The number of ether oxygens (including phenoxy) is 2. The van der Waals surface area contributed by atoms with Gasteiger partial charge in [-0.2, -0.15) is 0 Å². The molecule has 0 spiro atoms. The van der Waals surface area contributed by atoms with Gasteiger partial charge in [0.15, 0.2) is 0 Å². The third-order valence-electron chi connectivity index (χ3n) is 7.36. The maximum atomic E-state index is 12.5. The van der Waals surface area contributed by atoms with Gasteiger partial charge in [-0.1, -0.05) is 82.2 Å². The quantitative estimate of drug-likeness (QED) is 0.153. The highest BCUT2D eigenvalue weighted by atomic mass is 16.5. The van der Waals surface area contributed by atoms with Crippen LogP contribution in [0.1, 0.15) is 76.5 Å². The molecule has 0 aliphatic carbocycles. The molecule has 39 heavy (non-hydrogen) atoms. The highest BCUT2D eigenvalue weighted by Crippen LogP contribution is 2.34. The molecular weight excluding hydrogens is 492 g/mol. The average Bonchev–Trinajstić information content (AvgIpc) is 2.94. The lowest BCUT2D eigenvalue weighted by molar-refractivity contribution is -0.153. The van der Waals surface area contributed by atoms with Crippen molar-refractivity contribution in [1.82, 2.24) is 0 Å². The first-order chi connectivity index (χ1) is 18.6. The van der Waals surface area contributed by atoms with Crippen LogP contribution in [0.25, 0.3) is 11.1 Å². The summed E-state index contributed by atoms with van der Waals surface area (Å²) < 4.78 is 11.2. The third kappa shape index (κ3) is 9.04. The molecule has 3 atom stereocenters. The lowest BCUT2D eigenvalue weighted by Gasteiger charge is -2.34. The number of carbonyl (C=O) groups is 2. The van der Waals surface area contributed by atoms with Gasteiger partial charge in [0.05, 0.1) is 29.6 Å². The largest absolute Gasteiger partial charge is 0.464 e. The molecule has 2 N–H and O–H groups in total. The maximum absolute atomic E-state index is 12.5. The van der Waals surface area contributed by atoms with E-state index in [0.29, 0.717) is 6.42 Å². The predicted molar refractivity (Wildman–Crippen MR) is 155 cm³/mol. The van der Waals surface area contributed by atoms with Gasteiger partial charge in [0.1, 0.15) is 13.2 Å². The highest BCUT2D eigenvalue weighted by Gasteiger charge is 2.36. The van der Waals surface area contributed by atoms with Crippen LogP contribution >= 0.6 is 0 Å². The maximum Gasteiger partial charge on any atom is 0.336 e. The highest BCUT2D eigenvalue weighted by molar-refractivity contribution is 5.88. The second-order valence-electron chi connectivity index (χ2n) is 10.7. The zero-order valence-corrected chi connectivity index (χ0v) is 24.3. The Bertz CT molecular complexity index is 1090. The fraction of sp³-hybridized carbons (Fsp3) is 0.515. The number of esters is 2. The van der Waals surface area contributed by atoms with E-state index in [1.807, 2.05) is 31.2 Å². The van der Waals surface area contributed by atoms with Crippen molar-refractivity contribution >= 4 is 11.9 Å². The first-order valence-corrected chi connectivity index (χ1v) is 14.1. The summed E-state index contributed by atoms with van der Waals surface area (Å²) in [5.74, 6) is -1.85. The molecule has 2 aromatic rings. The van der Waals surface area contributed by atoms with Gasteiger partial charge in [-0.3, -0.25) is 4.79 Å². The van der Waals surface area contributed by atoms with Gasteiger partial charge < -0.3 is 19.7 Å². The molecule has 2 rings (SSSR count). The molecule has 2 aromatic carbocycles. The Morgan fingerprint density at radius 3 is 2.15 bits per heavy atom. The Labute approximate surface area is 234 Å². The normalized spacial score (nSPS) is 14.2. The van der Waals surface area contributed by atoms with Crippen molar-refractivity contribution in [1.29, 1.82) is 0 Å². The molecule has 0 fully saturated rings. The van der Waals surface area contributed by atoms with Crippen molar-refractivity contribution in [2.75, 3.05) is 19.8 Å². The van der Waals surface area contributed by atoms with Gasteiger partial charge in [0, 0.05) is 0 Å². The van der Waals surface area contributed by atoms with E-state index < -0.39 is 29.4 Å². The molecule has 214 valence electrons. The van der Waals surface area contributed by atoms with Crippen LogP contribution in [0.2, 0.25) is 0 Å². The molecule has 6 heteroatoms. The van der Waals surface area contributed by atoms with E-state index in [9.17, 15) is 19.8 Å². The minimum atomic E-state index is -1.03. The van der Waals surface area contributed by atoms with E-state index in [2.05, 4.69) is 38.6 Å². The zero-order chi connectivity index (χ0) is 29.0. The average molecular weight is 539 g/mol. The van der Waals surface area contributed by atoms with Gasteiger partial charge in [-0.05, 0) is 67.9 Å². The Morgan fingerprint density at radius 2 is 1.59 bits per heavy atom. The summed E-state index contributed by atoms with van der Waals surface area (Å²) in [6, 6.07) is 14.7. The summed E-state index contributed by atoms with van der Waals surface area (Å²) in [7, 11) is 0. The van der Waals surface area contributed by atoms with Crippen LogP contribution < -0.4 is 0 Å². The van der Waals surface area contributed by atoms with Crippen molar-refractivity contribution in [2.24, 2.45) is 5.92 Å². The van der Waals surface area contributed by atoms with Crippen molar-refractivity contribution in [3.8, 4) is 11.1 Å². The van der Waals surface area contributed by atoms with Crippen LogP contribution in [-0.2, 0) is 30.9 Å². The van der Waals surface area contributed by atoms with Crippen LogP contribution in [0.3, 0.4) is 0 Å². The summed E-state index contributed by atoms with van der Waals surface area (Å²) in [6.07, 6.45) is 5.04. The molecule has 0 aliphatic rings. The summed E-state index contributed by atoms with van der Waals surface area (Å²) in [6.45, 7) is 12.7. The number of aryl methyl sites for hydroxylation is 2. The Hall–Kier alpha value is -2.96. The van der Waals surface area contributed by atoms with E-state index >= 15 is 0 Å².